The Morgan fingerprint density at radius 2 is 2.32 bits per heavy atom. The van der Waals surface area contributed by atoms with Crippen molar-refractivity contribution < 1.29 is 4.92 Å². The lowest BCUT2D eigenvalue weighted by atomic mass is 10.1. The number of benzene rings is 1. The van der Waals surface area contributed by atoms with Crippen molar-refractivity contribution in [3.8, 4) is 0 Å². The number of halogens is 1. The standard InChI is InChI=1S/C13H16IN3O2/c14-12-9-11(17(18)19)1-2-13(12)16-8-5-10-3-6-15-7-4-10/h1-3,9,15-16H,4-8H2. The molecule has 6 heteroatoms. The molecule has 102 valence electrons. The Morgan fingerprint density at radius 1 is 1.47 bits per heavy atom. The average Bonchev–Trinajstić information content (AvgIpc) is 2.41. The first kappa shape index (κ1) is 14.3. The minimum absolute atomic E-state index is 0.135. The molecule has 2 N–H and O–H groups in total. The summed E-state index contributed by atoms with van der Waals surface area (Å²) in [6, 6.07) is 4.90. The summed E-state index contributed by atoms with van der Waals surface area (Å²) in [5.41, 5.74) is 2.57. The second kappa shape index (κ2) is 6.85. The molecule has 0 saturated carbocycles. The average molecular weight is 373 g/mol. The molecule has 19 heavy (non-hydrogen) atoms. The molecule has 1 aromatic rings. The van der Waals surface area contributed by atoms with Crippen molar-refractivity contribution in [2.24, 2.45) is 0 Å². The van der Waals surface area contributed by atoms with Crippen molar-refractivity contribution in [3.05, 3.63) is 43.5 Å². The van der Waals surface area contributed by atoms with Crippen molar-refractivity contribution in [3.63, 3.8) is 0 Å². The van der Waals surface area contributed by atoms with Crippen molar-refractivity contribution in [1.82, 2.24) is 5.32 Å². The fourth-order valence-electron chi connectivity index (χ4n) is 2.02. The summed E-state index contributed by atoms with van der Waals surface area (Å²) >= 11 is 2.12. The first-order valence-electron chi connectivity index (χ1n) is 6.23. The highest BCUT2D eigenvalue weighted by molar-refractivity contribution is 14.1. The molecule has 1 aliphatic heterocycles. The van der Waals surface area contributed by atoms with E-state index in [1.165, 1.54) is 11.6 Å². The van der Waals surface area contributed by atoms with Crippen LogP contribution in [0, 0.1) is 13.7 Å². The first-order chi connectivity index (χ1) is 9.16. The number of nitro benzene ring substituents is 1. The molecule has 0 aliphatic carbocycles. The molecule has 1 heterocycles. The largest absolute Gasteiger partial charge is 0.384 e. The van der Waals surface area contributed by atoms with Gasteiger partial charge in [0, 0.05) is 34.5 Å². The summed E-state index contributed by atoms with van der Waals surface area (Å²) in [6.45, 7) is 2.88. The smallest absolute Gasteiger partial charge is 0.270 e. The van der Waals surface area contributed by atoms with E-state index in [2.05, 4.69) is 39.3 Å². The van der Waals surface area contributed by atoms with Gasteiger partial charge in [-0.05, 0) is 48.0 Å². The fraction of sp³-hybridized carbons (Fsp3) is 0.385. The van der Waals surface area contributed by atoms with E-state index in [0.29, 0.717) is 0 Å². The molecule has 0 saturated heterocycles. The lowest BCUT2D eigenvalue weighted by Crippen LogP contribution is -2.21. The molecule has 5 nitrogen and oxygen atoms in total. The summed E-state index contributed by atoms with van der Waals surface area (Å²) in [5.74, 6) is 0. The van der Waals surface area contributed by atoms with Crippen LogP contribution in [-0.2, 0) is 0 Å². The highest BCUT2D eigenvalue weighted by atomic mass is 127. The number of hydrogen-bond donors (Lipinski definition) is 2. The molecular weight excluding hydrogens is 357 g/mol. The summed E-state index contributed by atoms with van der Waals surface area (Å²) < 4.78 is 0.881. The molecule has 1 aliphatic rings. The Morgan fingerprint density at radius 3 is 2.95 bits per heavy atom. The van der Waals surface area contributed by atoms with Gasteiger partial charge in [0.05, 0.1) is 4.92 Å². The molecule has 0 atom stereocenters. The van der Waals surface area contributed by atoms with Crippen LogP contribution in [0.1, 0.15) is 12.8 Å². The topological polar surface area (TPSA) is 67.2 Å². The second-order valence-corrected chi connectivity index (χ2v) is 5.58. The quantitative estimate of drug-likeness (QED) is 0.361. The zero-order chi connectivity index (χ0) is 13.7. The van der Waals surface area contributed by atoms with Crippen molar-refractivity contribution in [1.29, 1.82) is 0 Å². The number of nitro groups is 1. The van der Waals surface area contributed by atoms with Crippen LogP contribution in [-0.4, -0.2) is 24.6 Å². The van der Waals surface area contributed by atoms with E-state index in [1.807, 2.05) is 0 Å². The number of nitrogens with one attached hydrogen (secondary N) is 2. The molecule has 0 aromatic heterocycles. The normalized spacial score (nSPS) is 14.9. The second-order valence-electron chi connectivity index (χ2n) is 4.41. The van der Waals surface area contributed by atoms with Gasteiger partial charge in [-0.1, -0.05) is 11.6 Å². The molecule has 0 unspecified atom stereocenters. The van der Waals surface area contributed by atoms with E-state index < -0.39 is 0 Å². The summed E-state index contributed by atoms with van der Waals surface area (Å²) in [4.78, 5) is 10.3. The van der Waals surface area contributed by atoms with Gasteiger partial charge in [-0.25, -0.2) is 0 Å². The molecule has 0 spiro atoms. The van der Waals surface area contributed by atoms with Crippen molar-refractivity contribution in [2.45, 2.75) is 12.8 Å². The van der Waals surface area contributed by atoms with E-state index in [0.717, 1.165) is 41.7 Å². The SMILES string of the molecule is O=[N+]([O-])c1ccc(NCCC2=CCNCC2)c(I)c1. The number of nitrogens with zero attached hydrogens (tertiary/aromatic N) is 1. The molecule has 0 bridgehead atoms. The molecule has 0 amide bonds. The Balaban J connectivity index is 1.89. The molecule has 2 rings (SSSR count). The Labute approximate surface area is 125 Å². The van der Waals surface area contributed by atoms with E-state index in [9.17, 15) is 10.1 Å². The van der Waals surface area contributed by atoms with Crippen LogP contribution < -0.4 is 10.6 Å². The molecule has 0 fully saturated rings. The van der Waals surface area contributed by atoms with Gasteiger partial charge in [0.1, 0.15) is 0 Å². The maximum atomic E-state index is 10.7. The van der Waals surface area contributed by atoms with E-state index in [-0.39, 0.29) is 10.6 Å². The van der Waals surface area contributed by atoms with Crippen molar-refractivity contribution >= 4 is 34.0 Å². The lowest BCUT2D eigenvalue weighted by Gasteiger charge is -2.15. The Bertz CT molecular complexity index is 503. The van der Waals surface area contributed by atoms with Gasteiger partial charge in [0.25, 0.3) is 5.69 Å². The summed E-state index contributed by atoms with van der Waals surface area (Å²) in [6.07, 6.45) is 4.37. The van der Waals surface area contributed by atoms with Gasteiger partial charge in [0.2, 0.25) is 0 Å². The van der Waals surface area contributed by atoms with Crippen molar-refractivity contribution in [2.75, 3.05) is 25.0 Å². The van der Waals surface area contributed by atoms with Crippen LogP contribution >= 0.6 is 22.6 Å². The van der Waals surface area contributed by atoms with Crippen LogP contribution in [0.2, 0.25) is 0 Å². The fourth-order valence-corrected chi connectivity index (χ4v) is 2.70. The van der Waals surface area contributed by atoms with Gasteiger partial charge in [0.15, 0.2) is 0 Å². The van der Waals surface area contributed by atoms with E-state index >= 15 is 0 Å². The lowest BCUT2D eigenvalue weighted by molar-refractivity contribution is -0.384. The van der Waals surface area contributed by atoms with Crippen LogP contribution in [0.25, 0.3) is 0 Å². The molecular formula is C13H16IN3O2. The predicted molar refractivity (Wildman–Crippen MR) is 84.5 cm³/mol. The minimum atomic E-state index is -0.369. The van der Waals surface area contributed by atoms with Gasteiger partial charge in [-0.3, -0.25) is 10.1 Å². The van der Waals surface area contributed by atoms with E-state index in [4.69, 9.17) is 0 Å². The summed E-state index contributed by atoms with van der Waals surface area (Å²) in [7, 11) is 0. The van der Waals surface area contributed by atoms with E-state index in [1.54, 1.807) is 12.1 Å². The van der Waals surface area contributed by atoms with Crippen LogP contribution in [0.3, 0.4) is 0 Å². The Hall–Kier alpha value is -1.15. The molecule has 1 aromatic carbocycles. The Kier molecular flexibility index (Phi) is 5.15. The number of anilines is 1. The number of non-ortho nitro benzene ring substituents is 1. The zero-order valence-corrected chi connectivity index (χ0v) is 12.6. The van der Waals surface area contributed by atoms with Gasteiger partial charge < -0.3 is 10.6 Å². The third-order valence-electron chi connectivity index (χ3n) is 3.08. The zero-order valence-electron chi connectivity index (χ0n) is 10.5. The highest BCUT2D eigenvalue weighted by Gasteiger charge is 2.09. The number of hydrogen-bond acceptors (Lipinski definition) is 4. The third-order valence-corrected chi connectivity index (χ3v) is 3.98. The minimum Gasteiger partial charge on any atom is -0.384 e. The van der Waals surface area contributed by atoms with Gasteiger partial charge in [-0.15, -0.1) is 0 Å². The van der Waals surface area contributed by atoms with Crippen LogP contribution in [0.15, 0.2) is 29.8 Å². The first-order valence-corrected chi connectivity index (χ1v) is 7.31. The monoisotopic (exact) mass is 373 g/mol. The van der Waals surface area contributed by atoms with Crippen LogP contribution in [0.5, 0.6) is 0 Å². The molecule has 0 radical (unpaired) electrons. The highest BCUT2D eigenvalue weighted by Crippen LogP contribution is 2.23. The van der Waals surface area contributed by atoms with Gasteiger partial charge in [-0.2, -0.15) is 0 Å². The van der Waals surface area contributed by atoms with Crippen LogP contribution in [0.4, 0.5) is 11.4 Å². The van der Waals surface area contributed by atoms with Gasteiger partial charge >= 0.3 is 0 Å². The number of rotatable bonds is 5. The summed E-state index contributed by atoms with van der Waals surface area (Å²) in [5, 5.41) is 17.3. The maximum absolute atomic E-state index is 10.7. The maximum Gasteiger partial charge on any atom is 0.270 e. The predicted octanol–water partition coefficient (Wildman–Crippen LogP) is 2.92. The third kappa shape index (κ3) is 4.17.